The number of alkyl halides is 2. The van der Waals surface area contributed by atoms with E-state index in [1.165, 1.54) is 12.1 Å². The molecule has 1 nitrogen and oxygen atoms in total. The van der Waals surface area contributed by atoms with Crippen LogP contribution in [0.3, 0.4) is 0 Å². The fourth-order valence-electron chi connectivity index (χ4n) is 2.01. The number of hydrogen-bond acceptors (Lipinski definition) is 1. The lowest BCUT2D eigenvalue weighted by Crippen LogP contribution is -2.35. The van der Waals surface area contributed by atoms with E-state index in [0.717, 1.165) is 12.8 Å². The Bertz CT molecular complexity index is 362. The van der Waals surface area contributed by atoms with Gasteiger partial charge in [-0.3, -0.25) is 0 Å². The lowest BCUT2D eigenvalue weighted by Gasteiger charge is -2.34. The van der Waals surface area contributed by atoms with Gasteiger partial charge in [-0.05, 0) is 36.5 Å². The number of benzene rings is 1. The molecule has 2 N–H and O–H groups in total. The van der Waals surface area contributed by atoms with Crippen LogP contribution in [-0.4, -0.2) is 6.04 Å². The molecule has 15 heavy (non-hydrogen) atoms. The smallest absolute Gasteiger partial charge is 0.264 e. The van der Waals surface area contributed by atoms with Crippen molar-refractivity contribution in [1.82, 2.24) is 0 Å². The zero-order chi connectivity index (χ0) is 11.0. The molecule has 0 aliphatic heterocycles. The van der Waals surface area contributed by atoms with Gasteiger partial charge in [-0.25, -0.2) is 8.78 Å². The van der Waals surface area contributed by atoms with E-state index in [1.807, 2.05) is 0 Å². The highest BCUT2D eigenvalue weighted by atomic mass is 35.5. The summed E-state index contributed by atoms with van der Waals surface area (Å²) in [5, 5.41) is 0.509. The van der Waals surface area contributed by atoms with Gasteiger partial charge in [-0.15, -0.1) is 0 Å². The molecule has 0 radical (unpaired) electrons. The summed E-state index contributed by atoms with van der Waals surface area (Å²) in [6.45, 7) is 0. The molecule has 1 saturated carbocycles. The van der Waals surface area contributed by atoms with Crippen LogP contribution in [0, 0.1) is 0 Å². The lowest BCUT2D eigenvalue weighted by molar-refractivity contribution is 0.148. The second kappa shape index (κ2) is 4.06. The van der Waals surface area contributed by atoms with Crippen molar-refractivity contribution >= 4 is 11.6 Å². The predicted octanol–water partition coefficient (Wildman–Crippen LogP) is 3.48. The fourth-order valence-corrected chi connectivity index (χ4v) is 2.19. The average Bonchev–Trinajstić information content (AvgIpc) is 2.12. The van der Waals surface area contributed by atoms with E-state index >= 15 is 0 Å². The molecule has 0 spiro atoms. The Morgan fingerprint density at radius 2 is 2.00 bits per heavy atom. The van der Waals surface area contributed by atoms with E-state index in [4.69, 9.17) is 17.3 Å². The van der Waals surface area contributed by atoms with Crippen molar-refractivity contribution in [3.05, 3.63) is 34.3 Å². The maximum absolute atomic E-state index is 12.7. The van der Waals surface area contributed by atoms with Crippen LogP contribution in [0.25, 0.3) is 0 Å². The summed E-state index contributed by atoms with van der Waals surface area (Å²) in [4.78, 5) is 0. The van der Waals surface area contributed by atoms with Crippen LogP contribution in [-0.2, 0) is 0 Å². The van der Waals surface area contributed by atoms with Gasteiger partial charge >= 0.3 is 0 Å². The molecule has 0 aromatic heterocycles. The molecule has 4 heteroatoms. The largest absolute Gasteiger partial charge is 0.328 e. The molecule has 82 valence electrons. The molecule has 0 heterocycles. The van der Waals surface area contributed by atoms with Gasteiger partial charge in [0.05, 0.1) is 0 Å². The number of nitrogens with two attached hydrogens (primary N) is 1. The minimum Gasteiger partial charge on any atom is -0.328 e. The van der Waals surface area contributed by atoms with Crippen LogP contribution in [0.5, 0.6) is 0 Å². The van der Waals surface area contributed by atoms with E-state index in [0.29, 0.717) is 10.6 Å². The van der Waals surface area contributed by atoms with Gasteiger partial charge < -0.3 is 5.73 Å². The van der Waals surface area contributed by atoms with Crippen LogP contribution in [0.15, 0.2) is 18.2 Å². The summed E-state index contributed by atoms with van der Waals surface area (Å²) in [6.07, 6.45) is -0.880. The molecule has 0 saturated heterocycles. The van der Waals surface area contributed by atoms with Crippen molar-refractivity contribution < 1.29 is 8.78 Å². The molecule has 0 unspecified atom stereocenters. The van der Waals surface area contributed by atoms with Crippen LogP contribution in [0.2, 0.25) is 5.02 Å². The first-order valence-corrected chi connectivity index (χ1v) is 5.29. The van der Waals surface area contributed by atoms with E-state index in [2.05, 4.69) is 0 Å². The Morgan fingerprint density at radius 1 is 1.33 bits per heavy atom. The first kappa shape index (κ1) is 10.8. The number of hydrogen-bond donors (Lipinski definition) is 1. The summed E-state index contributed by atoms with van der Waals surface area (Å²) >= 11 is 5.81. The quantitative estimate of drug-likeness (QED) is 0.829. The molecular weight excluding hydrogens is 220 g/mol. The number of halogens is 3. The Labute approximate surface area is 92.2 Å². The van der Waals surface area contributed by atoms with Gasteiger partial charge in [0.15, 0.2) is 0 Å². The summed E-state index contributed by atoms with van der Waals surface area (Å²) < 4.78 is 25.4. The number of rotatable bonds is 2. The van der Waals surface area contributed by atoms with Crippen molar-refractivity contribution in [2.24, 2.45) is 5.73 Å². The van der Waals surface area contributed by atoms with Gasteiger partial charge in [0.25, 0.3) is 6.43 Å². The minimum atomic E-state index is -2.44. The third-order valence-corrected chi connectivity index (χ3v) is 3.13. The van der Waals surface area contributed by atoms with Crippen molar-refractivity contribution in [3.63, 3.8) is 0 Å². The molecule has 0 bridgehead atoms. The Hall–Kier alpha value is -0.670. The summed E-state index contributed by atoms with van der Waals surface area (Å²) in [5.41, 5.74) is 6.41. The average molecular weight is 232 g/mol. The second-order valence-corrected chi connectivity index (χ2v) is 4.44. The molecule has 0 atom stereocenters. The Balaban J connectivity index is 2.31. The Morgan fingerprint density at radius 3 is 2.53 bits per heavy atom. The fraction of sp³-hybridized carbons (Fsp3) is 0.455. The van der Waals surface area contributed by atoms with Crippen LogP contribution < -0.4 is 5.73 Å². The van der Waals surface area contributed by atoms with Gasteiger partial charge in [-0.1, -0.05) is 17.7 Å². The highest BCUT2D eigenvalue weighted by molar-refractivity contribution is 6.30. The van der Waals surface area contributed by atoms with E-state index in [-0.39, 0.29) is 17.5 Å². The molecule has 1 aromatic carbocycles. The maximum Gasteiger partial charge on any atom is 0.264 e. The van der Waals surface area contributed by atoms with Crippen LogP contribution in [0.4, 0.5) is 8.78 Å². The summed E-state index contributed by atoms with van der Waals surface area (Å²) in [7, 11) is 0. The molecule has 0 amide bonds. The van der Waals surface area contributed by atoms with E-state index < -0.39 is 6.43 Å². The third-order valence-electron chi connectivity index (χ3n) is 2.90. The zero-order valence-corrected chi connectivity index (χ0v) is 8.85. The molecule has 1 aliphatic rings. The molecule has 1 fully saturated rings. The SMILES string of the molecule is NC1CC(c2cc(Cl)ccc2C(F)F)C1. The zero-order valence-electron chi connectivity index (χ0n) is 8.09. The minimum absolute atomic E-state index is 0.0938. The van der Waals surface area contributed by atoms with Gasteiger partial charge in [0.1, 0.15) is 0 Å². The normalized spacial score (nSPS) is 25.4. The molecular formula is C11H12ClF2N. The molecule has 1 aliphatic carbocycles. The van der Waals surface area contributed by atoms with E-state index in [1.54, 1.807) is 6.07 Å². The monoisotopic (exact) mass is 231 g/mol. The van der Waals surface area contributed by atoms with Crippen LogP contribution >= 0.6 is 11.6 Å². The topological polar surface area (TPSA) is 26.0 Å². The lowest BCUT2D eigenvalue weighted by atomic mass is 9.75. The summed E-state index contributed by atoms with van der Waals surface area (Å²) in [5.74, 6) is 0.155. The molecule has 2 rings (SSSR count). The first-order valence-electron chi connectivity index (χ1n) is 4.91. The Kier molecular flexibility index (Phi) is 2.94. The van der Waals surface area contributed by atoms with E-state index in [9.17, 15) is 8.78 Å². The molecule has 1 aromatic rings. The maximum atomic E-state index is 12.7. The van der Waals surface area contributed by atoms with Crippen molar-refractivity contribution in [1.29, 1.82) is 0 Å². The van der Waals surface area contributed by atoms with Gasteiger partial charge in [0, 0.05) is 16.6 Å². The first-order chi connectivity index (χ1) is 7.08. The highest BCUT2D eigenvalue weighted by Crippen LogP contribution is 2.40. The van der Waals surface area contributed by atoms with Crippen LogP contribution in [0.1, 0.15) is 36.3 Å². The summed E-state index contributed by atoms with van der Waals surface area (Å²) in [6, 6.07) is 4.70. The van der Waals surface area contributed by atoms with Gasteiger partial charge in [0.2, 0.25) is 0 Å². The standard InChI is InChI=1S/C11H12ClF2N/c12-7-1-2-9(11(13)14)10(5-7)6-3-8(15)4-6/h1-2,5-6,8,11H,3-4,15H2. The van der Waals surface area contributed by atoms with Crippen molar-refractivity contribution in [2.75, 3.05) is 0 Å². The highest BCUT2D eigenvalue weighted by Gasteiger charge is 2.30. The predicted molar refractivity (Wildman–Crippen MR) is 56.4 cm³/mol. The third kappa shape index (κ3) is 2.13. The van der Waals surface area contributed by atoms with Gasteiger partial charge in [-0.2, -0.15) is 0 Å². The van der Waals surface area contributed by atoms with Crippen molar-refractivity contribution in [2.45, 2.75) is 31.2 Å². The second-order valence-electron chi connectivity index (χ2n) is 4.00. The van der Waals surface area contributed by atoms with Crippen molar-refractivity contribution in [3.8, 4) is 0 Å².